The molecule has 2 unspecified atom stereocenters. The Bertz CT molecular complexity index is 145. The number of hydrogen-bond donors (Lipinski definition) is 2. The number of piperidine rings is 1. The molecule has 0 aromatic rings. The predicted octanol–water partition coefficient (Wildman–Crippen LogP) is 0.551. The second kappa shape index (κ2) is 3.67. The van der Waals surface area contributed by atoms with Gasteiger partial charge in [0.15, 0.2) is 0 Å². The minimum absolute atomic E-state index is 0.471. The Morgan fingerprint density at radius 1 is 1.64 bits per heavy atom. The lowest BCUT2D eigenvalue weighted by Gasteiger charge is -2.23. The first-order valence-electron chi connectivity index (χ1n) is 3.82. The average Bonchev–Trinajstić information content (AvgIpc) is 2.05. The van der Waals surface area contributed by atoms with Crippen molar-refractivity contribution in [1.29, 1.82) is 0 Å². The van der Waals surface area contributed by atoms with Crippen molar-refractivity contribution in [3.63, 3.8) is 0 Å². The number of halogens is 1. The molecule has 64 valence electrons. The Balaban J connectivity index is 2.38. The molecule has 0 amide bonds. The van der Waals surface area contributed by atoms with E-state index in [0.29, 0.717) is 6.42 Å². The van der Waals surface area contributed by atoms with Crippen molar-refractivity contribution in [3.8, 4) is 0 Å². The normalized spacial score (nSPS) is 27.9. The number of carboxylic acids is 1. The molecule has 4 heteroatoms. The summed E-state index contributed by atoms with van der Waals surface area (Å²) >= 11 is 0. The summed E-state index contributed by atoms with van der Waals surface area (Å²) in [5.41, 5.74) is 0. The lowest BCUT2D eigenvalue weighted by molar-refractivity contribution is -0.144. The molecular weight excluding hydrogens is 149 g/mol. The van der Waals surface area contributed by atoms with Crippen molar-refractivity contribution >= 4 is 5.97 Å². The molecule has 3 nitrogen and oxygen atoms in total. The highest BCUT2D eigenvalue weighted by molar-refractivity contribution is 5.73. The van der Waals surface area contributed by atoms with Crippen molar-refractivity contribution < 1.29 is 14.3 Å². The summed E-state index contributed by atoms with van der Waals surface area (Å²) in [7, 11) is 0. The molecule has 0 saturated carbocycles. The summed E-state index contributed by atoms with van der Waals surface area (Å²) in [6.07, 6.45) is 0.831. The lowest BCUT2D eigenvalue weighted by atomic mass is 10.0. The van der Waals surface area contributed by atoms with Gasteiger partial charge in [-0.05, 0) is 19.4 Å². The smallest absolute Gasteiger partial charge is 0.339 e. The van der Waals surface area contributed by atoms with Crippen molar-refractivity contribution in [2.45, 2.75) is 31.5 Å². The number of carbonyl (C=O) groups is 1. The summed E-state index contributed by atoms with van der Waals surface area (Å²) in [5.74, 6) is -1.36. The predicted molar refractivity (Wildman–Crippen MR) is 38.2 cm³/mol. The highest BCUT2D eigenvalue weighted by Gasteiger charge is 2.28. The summed E-state index contributed by atoms with van der Waals surface area (Å²) < 4.78 is 12.7. The first-order valence-corrected chi connectivity index (χ1v) is 3.82. The van der Waals surface area contributed by atoms with Crippen LogP contribution < -0.4 is 5.32 Å². The second-order valence-electron chi connectivity index (χ2n) is 2.80. The van der Waals surface area contributed by atoms with Crippen molar-refractivity contribution in [2.75, 3.05) is 6.54 Å². The van der Waals surface area contributed by atoms with Crippen molar-refractivity contribution in [1.82, 2.24) is 5.32 Å². The highest BCUT2D eigenvalue weighted by Crippen LogP contribution is 2.12. The van der Waals surface area contributed by atoms with Gasteiger partial charge in [-0.15, -0.1) is 0 Å². The molecule has 1 aliphatic rings. The maximum atomic E-state index is 12.7. The Labute approximate surface area is 64.6 Å². The van der Waals surface area contributed by atoms with E-state index >= 15 is 0 Å². The SMILES string of the molecule is O=C(O)C(F)C1CCCCN1. The van der Waals surface area contributed by atoms with Crippen LogP contribution in [0.1, 0.15) is 19.3 Å². The average molecular weight is 161 g/mol. The van der Waals surface area contributed by atoms with Gasteiger partial charge >= 0.3 is 5.97 Å². The van der Waals surface area contributed by atoms with E-state index in [0.717, 1.165) is 19.4 Å². The first-order chi connectivity index (χ1) is 5.22. The number of carboxylic acid groups (broad SMARTS) is 1. The Hall–Kier alpha value is -0.640. The zero-order valence-corrected chi connectivity index (χ0v) is 6.22. The zero-order chi connectivity index (χ0) is 8.27. The van der Waals surface area contributed by atoms with E-state index in [1.165, 1.54) is 0 Å². The molecule has 1 fully saturated rings. The third-order valence-electron chi connectivity index (χ3n) is 1.94. The zero-order valence-electron chi connectivity index (χ0n) is 6.22. The number of nitrogens with one attached hydrogen (secondary N) is 1. The number of alkyl halides is 1. The van der Waals surface area contributed by atoms with Crippen LogP contribution in [-0.2, 0) is 4.79 Å². The summed E-state index contributed by atoms with van der Waals surface area (Å²) in [4.78, 5) is 10.2. The standard InChI is InChI=1S/C7H12FNO2/c8-6(7(10)11)5-3-1-2-4-9-5/h5-6,9H,1-4H2,(H,10,11). The second-order valence-corrected chi connectivity index (χ2v) is 2.80. The summed E-state index contributed by atoms with van der Waals surface area (Å²) in [6.45, 7) is 0.734. The van der Waals surface area contributed by atoms with Crippen LogP contribution in [0, 0.1) is 0 Å². The fourth-order valence-electron chi connectivity index (χ4n) is 1.30. The van der Waals surface area contributed by atoms with E-state index in [1.807, 2.05) is 0 Å². The Morgan fingerprint density at radius 3 is 2.82 bits per heavy atom. The molecule has 2 atom stereocenters. The van der Waals surface area contributed by atoms with Gasteiger partial charge in [-0.25, -0.2) is 9.18 Å². The molecular formula is C7H12FNO2. The molecule has 2 N–H and O–H groups in total. The lowest BCUT2D eigenvalue weighted by Crippen LogP contribution is -2.44. The van der Waals surface area contributed by atoms with Gasteiger partial charge in [0.25, 0.3) is 0 Å². The fourth-order valence-corrected chi connectivity index (χ4v) is 1.30. The van der Waals surface area contributed by atoms with Crippen LogP contribution in [0.3, 0.4) is 0 Å². The molecule has 0 bridgehead atoms. The van der Waals surface area contributed by atoms with Gasteiger partial charge in [-0.3, -0.25) is 0 Å². The third-order valence-corrected chi connectivity index (χ3v) is 1.94. The molecule has 0 aromatic carbocycles. The van der Waals surface area contributed by atoms with Crippen LogP contribution in [0.5, 0.6) is 0 Å². The fraction of sp³-hybridized carbons (Fsp3) is 0.857. The van der Waals surface area contributed by atoms with Crippen molar-refractivity contribution in [3.05, 3.63) is 0 Å². The Morgan fingerprint density at radius 2 is 2.36 bits per heavy atom. The van der Waals surface area contributed by atoms with Gasteiger partial charge in [-0.1, -0.05) is 6.42 Å². The van der Waals surface area contributed by atoms with E-state index in [-0.39, 0.29) is 0 Å². The molecule has 0 radical (unpaired) electrons. The third kappa shape index (κ3) is 2.15. The van der Waals surface area contributed by atoms with E-state index < -0.39 is 18.2 Å². The van der Waals surface area contributed by atoms with Gasteiger partial charge in [0.1, 0.15) is 0 Å². The van der Waals surface area contributed by atoms with E-state index in [1.54, 1.807) is 0 Å². The number of aliphatic carboxylic acids is 1. The molecule has 0 spiro atoms. The maximum absolute atomic E-state index is 12.7. The molecule has 1 heterocycles. The van der Waals surface area contributed by atoms with Crippen LogP contribution in [-0.4, -0.2) is 29.8 Å². The van der Waals surface area contributed by atoms with Gasteiger partial charge in [-0.2, -0.15) is 0 Å². The molecule has 0 aromatic heterocycles. The van der Waals surface area contributed by atoms with Crippen molar-refractivity contribution in [2.24, 2.45) is 0 Å². The molecule has 1 rings (SSSR count). The molecule has 11 heavy (non-hydrogen) atoms. The topological polar surface area (TPSA) is 49.3 Å². The number of hydrogen-bond acceptors (Lipinski definition) is 2. The minimum atomic E-state index is -1.74. The van der Waals surface area contributed by atoms with Crippen LogP contribution >= 0.6 is 0 Å². The monoisotopic (exact) mass is 161 g/mol. The first kappa shape index (κ1) is 8.46. The quantitative estimate of drug-likeness (QED) is 0.621. The van der Waals surface area contributed by atoms with E-state index in [2.05, 4.69) is 5.32 Å². The molecule has 1 aliphatic heterocycles. The van der Waals surface area contributed by atoms with E-state index in [4.69, 9.17) is 5.11 Å². The largest absolute Gasteiger partial charge is 0.479 e. The van der Waals surface area contributed by atoms with Crippen LogP contribution in [0.15, 0.2) is 0 Å². The number of rotatable bonds is 2. The van der Waals surface area contributed by atoms with Crippen LogP contribution in [0.25, 0.3) is 0 Å². The molecule has 0 aliphatic carbocycles. The van der Waals surface area contributed by atoms with Crippen LogP contribution in [0.2, 0.25) is 0 Å². The van der Waals surface area contributed by atoms with Gasteiger partial charge < -0.3 is 10.4 Å². The van der Waals surface area contributed by atoms with Crippen LogP contribution in [0.4, 0.5) is 4.39 Å². The van der Waals surface area contributed by atoms with Gasteiger partial charge in [0.05, 0.1) is 0 Å². The molecule has 1 saturated heterocycles. The van der Waals surface area contributed by atoms with Gasteiger partial charge in [0.2, 0.25) is 6.17 Å². The summed E-state index contributed by atoms with van der Waals surface area (Å²) in [6, 6.07) is -0.471. The summed E-state index contributed by atoms with van der Waals surface area (Å²) in [5, 5.41) is 11.2. The maximum Gasteiger partial charge on any atom is 0.339 e. The highest BCUT2D eigenvalue weighted by atomic mass is 19.1. The Kier molecular flexibility index (Phi) is 2.82. The van der Waals surface area contributed by atoms with Gasteiger partial charge in [0, 0.05) is 6.04 Å². The van der Waals surface area contributed by atoms with E-state index in [9.17, 15) is 9.18 Å². The minimum Gasteiger partial charge on any atom is -0.479 e.